The highest BCUT2D eigenvalue weighted by molar-refractivity contribution is 5.23. The van der Waals surface area contributed by atoms with Crippen LogP contribution in [0.4, 0.5) is 4.39 Å². The molecule has 1 aliphatic rings. The molecule has 0 radical (unpaired) electrons. The Morgan fingerprint density at radius 3 is 2.38 bits per heavy atom. The first-order chi connectivity index (χ1) is 6.27. The zero-order valence-electron chi connectivity index (χ0n) is 7.54. The molecule has 0 spiro atoms. The van der Waals surface area contributed by atoms with Crippen LogP contribution in [0.15, 0.2) is 24.3 Å². The van der Waals surface area contributed by atoms with Crippen LogP contribution in [0, 0.1) is 5.82 Å². The summed E-state index contributed by atoms with van der Waals surface area (Å²) in [5.41, 5.74) is 7.14. The van der Waals surface area contributed by atoms with Crippen molar-refractivity contribution in [1.29, 1.82) is 0 Å². The lowest BCUT2D eigenvalue weighted by atomic mass is 9.95. The highest BCUT2D eigenvalue weighted by Crippen LogP contribution is 2.33. The molecule has 1 aliphatic carbocycles. The monoisotopic (exact) mass is 179 g/mol. The number of hydrogen-bond acceptors (Lipinski definition) is 1. The number of benzene rings is 1. The van der Waals surface area contributed by atoms with E-state index in [0.29, 0.717) is 5.92 Å². The zero-order chi connectivity index (χ0) is 9.26. The molecule has 1 nitrogen and oxygen atoms in total. The highest BCUT2D eigenvalue weighted by Gasteiger charge is 2.24. The number of halogens is 1. The lowest BCUT2D eigenvalue weighted by Crippen LogP contribution is -2.22. The molecule has 0 amide bonds. The Bertz CT molecular complexity index is 281. The predicted molar refractivity (Wildman–Crippen MR) is 51.0 cm³/mol. The maximum atomic E-state index is 12.6. The standard InChI is InChI=1S/C11H14FN/c12-9-6-4-8(5-7-9)10-2-1-3-11(10)13/h4-7,10-11H,1-3,13H2/t10-,11?/m1/s1. The smallest absolute Gasteiger partial charge is 0.123 e. The molecule has 13 heavy (non-hydrogen) atoms. The molecule has 2 heteroatoms. The average Bonchev–Trinajstić information content (AvgIpc) is 2.53. The summed E-state index contributed by atoms with van der Waals surface area (Å²) in [7, 11) is 0. The summed E-state index contributed by atoms with van der Waals surface area (Å²) in [5, 5.41) is 0. The van der Waals surface area contributed by atoms with E-state index in [9.17, 15) is 4.39 Å². The van der Waals surface area contributed by atoms with Crippen molar-refractivity contribution in [1.82, 2.24) is 0 Å². The maximum absolute atomic E-state index is 12.6. The molecule has 1 unspecified atom stereocenters. The number of nitrogens with two attached hydrogens (primary N) is 1. The third kappa shape index (κ3) is 1.73. The van der Waals surface area contributed by atoms with Gasteiger partial charge in [-0.15, -0.1) is 0 Å². The van der Waals surface area contributed by atoms with Gasteiger partial charge >= 0.3 is 0 Å². The van der Waals surface area contributed by atoms with Crippen molar-refractivity contribution in [3.8, 4) is 0 Å². The van der Waals surface area contributed by atoms with Gasteiger partial charge < -0.3 is 5.73 Å². The second-order valence-corrected chi connectivity index (χ2v) is 3.75. The predicted octanol–water partition coefficient (Wildman–Crippen LogP) is 2.42. The van der Waals surface area contributed by atoms with Gasteiger partial charge in [-0.1, -0.05) is 18.6 Å². The Morgan fingerprint density at radius 1 is 1.15 bits per heavy atom. The summed E-state index contributed by atoms with van der Waals surface area (Å²) in [6.45, 7) is 0. The van der Waals surface area contributed by atoms with Gasteiger partial charge in [-0.3, -0.25) is 0 Å². The molecule has 0 bridgehead atoms. The molecule has 2 rings (SSSR count). The minimum absolute atomic E-state index is 0.171. The van der Waals surface area contributed by atoms with Crippen LogP contribution < -0.4 is 5.73 Å². The van der Waals surface area contributed by atoms with Crippen LogP contribution in [0.25, 0.3) is 0 Å². The van der Waals surface area contributed by atoms with Gasteiger partial charge in [0.1, 0.15) is 5.82 Å². The van der Waals surface area contributed by atoms with E-state index in [0.717, 1.165) is 12.8 Å². The van der Waals surface area contributed by atoms with Crippen LogP contribution >= 0.6 is 0 Å². The molecule has 0 heterocycles. The maximum Gasteiger partial charge on any atom is 0.123 e. The van der Waals surface area contributed by atoms with Crippen molar-refractivity contribution in [2.45, 2.75) is 31.2 Å². The quantitative estimate of drug-likeness (QED) is 0.704. The Balaban J connectivity index is 2.20. The van der Waals surface area contributed by atoms with Gasteiger partial charge in [-0.2, -0.15) is 0 Å². The third-order valence-corrected chi connectivity index (χ3v) is 2.87. The molecule has 1 aromatic rings. The van der Waals surface area contributed by atoms with E-state index >= 15 is 0 Å². The van der Waals surface area contributed by atoms with E-state index in [4.69, 9.17) is 5.73 Å². The van der Waals surface area contributed by atoms with Gasteiger partial charge in [0.25, 0.3) is 0 Å². The van der Waals surface area contributed by atoms with E-state index in [2.05, 4.69) is 0 Å². The fourth-order valence-corrected chi connectivity index (χ4v) is 2.11. The minimum Gasteiger partial charge on any atom is -0.327 e. The first-order valence-electron chi connectivity index (χ1n) is 4.78. The van der Waals surface area contributed by atoms with Crippen LogP contribution in [-0.4, -0.2) is 6.04 Å². The van der Waals surface area contributed by atoms with E-state index in [-0.39, 0.29) is 11.9 Å². The summed E-state index contributed by atoms with van der Waals surface area (Å²) < 4.78 is 12.6. The van der Waals surface area contributed by atoms with E-state index < -0.39 is 0 Å². The van der Waals surface area contributed by atoms with E-state index in [1.165, 1.54) is 24.1 Å². The molecule has 0 aliphatic heterocycles. The lowest BCUT2D eigenvalue weighted by molar-refractivity contribution is 0.603. The fraction of sp³-hybridized carbons (Fsp3) is 0.455. The molecule has 2 N–H and O–H groups in total. The second-order valence-electron chi connectivity index (χ2n) is 3.75. The number of rotatable bonds is 1. The van der Waals surface area contributed by atoms with Gasteiger partial charge in [0.2, 0.25) is 0 Å². The summed E-state index contributed by atoms with van der Waals surface area (Å²) >= 11 is 0. The van der Waals surface area contributed by atoms with Gasteiger partial charge in [0.05, 0.1) is 0 Å². The van der Waals surface area contributed by atoms with E-state index in [1.807, 2.05) is 12.1 Å². The average molecular weight is 179 g/mol. The highest BCUT2D eigenvalue weighted by atomic mass is 19.1. The molecule has 0 saturated heterocycles. The molecular formula is C11H14FN. The summed E-state index contributed by atoms with van der Waals surface area (Å²) in [6, 6.07) is 7.00. The van der Waals surface area contributed by atoms with Gasteiger partial charge in [0, 0.05) is 6.04 Å². The van der Waals surface area contributed by atoms with Crippen molar-refractivity contribution in [2.24, 2.45) is 5.73 Å². The lowest BCUT2D eigenvalue weighted by Gasteiger charge is -2.15. The van der Waals surface area contributed by atoms with Crippen LogP contribution in [-0.2, 0) is 0 Å². The van der Waals surface area contributed by atoms with Crippen molar-refractivity contribution in [2.75, 3.05) is 0 Å². The van der Waals surface area contributed by atoms with Gasteiger partial charge in [0.15, 0.2) is 0 Å². The Hall–Kier alpha value is -0.890. The van der Waals surface area contributed by atoms with Crippen LogP contribution in [0.1, 0.15) is 30.7 Å². The molecule has 1 saturated carbocycles. The van der Waals surface area contributed by atoms with Crippen molar-refractivity contribution in [3.63, 3.8) is 0 Å². The van der Waals surface area contributed by atoms with Crippen LogP contribution in [0.3, 0.4) is 0 Å². The Morgan fingerprint density at radius 2 is 1.85 bits per heavy atom. The summed E-state index contributed by atoms with van der Waals surface area (Å²) in [5.74, 6) is 0.274. The van der Waals surface area contributed by atoms with E-state index in [1.54, 1.807) is 0 Å². The fourth-order valence-electron chi connectivity index (χ4n) is 2.11. The molecule has 0 aromatic heterocycles. The first-order valence-corrected chi connectivity index (χ1v) is 4.78. The molecular weight excluding hydrogens is 165 g/mol. The van der Waals surface area contributed by atoms with Gasteiger partial charge in [-0.25, -0.2) is 4.39 Å². The Kier molecular flexibility index (Phi) is 2.32. The SMILES string of the molecule is NC1CCC[C@@H]1c1ccc(F)cc1. The molecule has 1 fully saturated rings. The minimum atomic E-state index is -0.171. The summed E-state index contributed by atoms with van der Waals surface area (Å²) in [4.78, 5) is 0. The molecule has 2 atom stereocenters. The largest absolute Gasteiger partial charge is 0.327 e. The van der Waals surface area contributed by atoms with Crippen molar-refractivity contribution >= 4 is 0 Å². The topological polar surface area (TPSA) is 26.0 Å². The Labute approximate surface area is 77.8 Å². The third-order valence-electron chi connectivity index (χ3n) is 2.87. The van der Waals surface area contributed by atoms with Crippen molar-refractivity contribution in [3.05, 3.63) is 35.6 Å². The second kappa shape index (κ2) is 3.46. The van der Waals surface area contributed by atoms with Gasteiger partial charge in [-0.05, 0) is 36.5 Å². The molecule has 70 valence electrons. The molecule has 1 aromatic carbocycles. The zero-order valence-corrected chi connectivity index (χ0v) is 7.54. The normalized spacial score (nSPS) is 27.8. The summed E-state index contributed by atoms with van der Waals surface area (Å²) in [6.07, 6.45) is 3.44. The first kappa shape index (κ1) is 8.70. The number of hydrogen-bond donors (Lipinski definition) is 1. The van der Waals surface area contributed by atoms with Crippen molar-refractivity contribution < 1.29 is 4.39 Å². The van der Waals surface area contributed by atoms with Crippen LogP contribution in [0.5, 0.6) is 0 Å². The van der Waals surface area contributed by atoms with Crippen LogP contribution in [0.2, 0.25) is 0 Å².